The fourth-order valence-electron chi connectivity index (χ4n) is 1.92. The number of carboxylic acids is 1. The maximum atomic E-state index is 11.1. The zero-order valence-corrected chi connectivity index (χ0v) is 9.88. The molecule has 10 nitrogen and oxygen atoms in total. The number of hydrogen-bond donors (Lipinski definition) is 8. The molecule has 0 aromatic heterocycles. The molecule has 0 amide bonds. The lowest BCUT2D eigenvalue weighted by Crippen LogP contribution is -2.81. The Morgan fingerprint density at radius 2 is 1.84 bits per heavy atom. The summed E-state index contributed by atoms with van der Waals surface area (Å²) >= 11 is 0. The van der Waals surface area contributed by atoms with Crippen LogP contribution in [0.1, 0.15) is 0 Å². The summed E-state index contributed by atoms with van der Waals surface area (Å²) in [5, 5.41) is 56.5. The number of ether oxygens (including phenoxy) is 1. The number of carboxylic acid groups (broad SMARTS) is 1. The van der Waals surface area contributed by atoms with Gasteiger partial charge in [0.2, 0.25) is 5.79 Å². The Bertz CT molecular complexity index is 353. The molecule has 1 saturated heterocycles. The number of nitrogens with two attached hydrogens (primary N) is 2. The van der Waals surface area contributed by atoms with Crippen molar-refractivity contribution in [3.63, 3.8) is 0 Å². The molecule has 0 spiro atoms. The van der Waals surface area contributed by atoms with Gasteiger partial charge in [-0.25, -0.2) is 4.79 Å². The molecule has 6 atom stereocenters. The number of aliphatic hydroxyl groups excluding tert-OH is 4. The molecule has 10 N–H and O–H groups in total. The lowest BCUT2D eigenvalue weighted by atomic mass is 9.79. The minimum Gasteiger partial charge on any atom is -0.480 e. The first-order valence-electron chi connectivity index (χ1n) is 5.41. The predicted octanol–water partition coefficient (Wildman–Crippen LogP) is -5.11. The molecule has 0 bridgehead atoms. The molecular weight excluding hydrogens is 264 g/mol. The van der Waals surface area contributed by atoms with E-state index in [-0.39, 0.29) is 0 Å². The highest BCUT2D eigenvalue weighted by Gasteiger charge is 2.64. The van der Waals surface area contributed by atoms with Gasteiger partial charge in [0, 0.05) is 0 Å². The Morgan fingerprint density at radius 3 is 2.21 bits per heavy atom. The van der Waals surface area contributed by atoms with Gasteiger partial charge in [0.1, 0.15) is 18.3 Å². The van der Waals surface area contributed by atoms with E-state index in [0.717, 1.165) is 0 Å². The van der Waals surface area contributed by atoms with Crippen LogP contribution in [0.3, 0.4) is 0 Å². The molecule has 1 aliphatic heterocycles. The van der Waals surface area contributed by atoms with Gasteiger partial charge in [-0.1, -0.05) is 0 Å². The average Bonchev–Trinajstić information content (AvgIpc) is 2.39. The molecule has 0 aromatic rings. The van der Waals surface area contributed by atoms with Crippen molar-refractivity contribution >= 4 is 5.97 Å². The maximum Gasteiger partial charge on any atom is 0.331 e. The fourth-order valence-corrected chi connectivity index (χ4v) is 1.92. The molecule has 19 heavy (non-hydrogen) atoms. The smallest absolute Gasteiger partial charge is 0.331 e. The predicted molar refractivity (Wildman–Crippen MR) is 58.5 cm³/mol. The summed E-state index contributed by atoms with van der Waals surface area (Å²) in [4.78, 5) is 11.1. The largest absolute Gasteiger partial charge is 0.480 e. The molecule has 112 valence electrons. The van der Waals surface area contributed by atoms with Crippen molar-refractivity contribution in [1.82, 2.24) is 0 Å². The Labute approximate surface area is 107 Å². The van der Waals surface area contributed by atoms with E-state index in [1.54, 1.807) is 0 Å². The number of rotatable bonds is 4. The average molecular weight is 282 g/mol. The standard InChI is InChI=1S/C9H18N2O8/c10-6-5(15)4(14)3(1-12)19-9(6,18)8(11,2-13)7(16)17/h3-6,12-15,18H,1-2,10-11H2,(H,16,17)/t3-,4+,5+,6-,8+,9?/m1/s1. The van der Waals surface area contributed by atoms with E-state index < -0.39 is 54.9 Å². The quantitative estimate of drug-likeness (QED) is 0.246. The lowest BCUT2D eigenvalue weighted by molar-refractivity contribution is -0.338. The lowest BCUT2D eigenvalue weighted by Gasteiger charge is -2.51. The van der Waals surface area contributed by atoms with E-state index in [2.05, 4.69) is 0 Å². The van der Waals surface area contributed by atoms with Crippen LogP contribution in [-0.4, -0.2) is 85.5 Å². The second-order valence-corrected chi connectivity index (χ2v) is 4.48. The maximum absolute atomic E-state index is 11.1. The van der Waals surface area contributed by atoms with E-state index >= 15 is 0 Å². The minimum atomic E-state index is -2.88. The van der Waals surface area contributed by atoms with Crippen molar-refractivity contribution in [2.75, 3.05) is 13.2 Å². The Hall–Kier alpha value is -0.850. The van der Waals surface area contributed by atoms with E-state index in [1.165, 1.54) is 0 Å². The van der Waals surface area contributed by atoms with Gasteiger partial charge in [0.15, 0.2) is 5.54 Å². The topological polar surface area (TPSA) is 200 Å². The molecule has 1 heterocycles. The van der Waals surface area contributed by atoms with Crippen molar-refractivity contribution < 1.29 is 40.2 Å². The van der Waals surface area contributed by atoms with E-state index in [1.807, 2.05) is 0 Å². The Morgan fingerprint density at radius 1 is 1.32 bits per heavy atom. The van der Waals surface area contributed by atoms with Gasteiger partial charge in [-0.05, 0) is 0 Å². The van der Waals surface area contributed by atoms with Gasteiger partial charge >= 0.3 is 5.97 Å². The van der Waals surface area contributed by atoms with Crippen molar-refractivity contribution in [3.05, 3.63) is 0 Å². The van der Waals surface area contributed by atoms with Crippen LogP contribution in [0.15, 0.2) is 0 Å². The highest BCUT2D eigenvalue weighted by molar-refractivity contribution is 5.80. The highest BCUT2D eigenvalue weighted by Crippen LogP contribution is 2.34. The van der Waals surface area contributed by atoms with Crippen molar-refractivity contribution in [2.24, 2.45) is 11.5 Å². The van der Waals surface area contributed by atoms with Crippen LogP contribution in [0.4, 0.5) is 0 Å². The first kappa shape index (κ1) is 16.2. The molecule has 1 aliphatic rings. The van der Waals surface area contributed by atoms with Crippen LogP contribution in [0.5, 0.6) is 0 Å². The molecule has 0 radical (unpaired) electrons. The first-order valence-corrected chi connectivity index (χ1v) is 5.41. The highest BCUT2D eigenvalue weighted by atomic mass is 16.7. The molecular formula is C9H18N2O8. The van der Waals surface area contributed by atoms with Crippen molar-refractivity contribution in [1.29, 1.82) is 0 Å². The van der Waals surface area contributed by atoms with Crippen LogP contribution < -0.4 is 11.5 Å². The number of aliphatic carboxylic acids is 1. The normalized spacial score (nSPS) is 42.7. The molecule has 1 fully saturated rings. The van der Waals surface area contributed by atoms with Gasteiger partial charge in [0.05, 0.1) is 19.3 Å². The molecule has 1 unspecified atom stereocenters. The Balaban J connectivity index is 3.24. The fraction of sp³-hybridized carbons (Fsp3) is 0.889. The van der Waals surface area contributed by atoms with E-state index in [9.17, 15) is 20.1 Å². The van der Waals surface area contributed by atoms with Gasteiger partial charge in [-0.3, -0.25) is 0 Å². The summed E-state index contributed by atoms with van der Waals surface area (Å²) in [5.41, 5.74) is 8.09. The molecule has 0 aliphatic carbocycles. The van der Waals surface area contributed by atoms with Crippen LogP contribution in [0, 0.1) is 0 Å². The van der Waals surface area contributed by atoms with E-state index in [0.29, 0.717) is 0 Å². The first-order chi connectivity index (χ1) is 8.65. The van der Waals surface area contributed by atoms with Gasteiger partial charge in [-0.15, -0.1) is 0 Å². The summed E-state index contributed by atoms with van der Waals surface area (Å²) < 4.78 is 4.84. The minimum absolute atomic E-state index is 0.825. The number of carbonyl (C=O) groups is 1. The Kier molecular flexibility index (Phi) is 4.49. The number of aliphatic hydroxyl groups is 5. The van der Waals surface area contributed by atoms with Crippen LogP contribution in [0.25, 0.3) is 0 Å². The van der Waals surface area contributed by atoms with Crippen molar-refractivity contribution in [3.8, 4) is 0 Å². The summed E-state index contributed by atoms with van der Waals surface area (Å²) in [6.07, 6.45) is -4.95. The van der Waals surface area contributed by atoms with Gasteiger partial charge in [0.25, 0.3) is 0 Å². The molecule has 0 saturated carbocycles. The van der Waals surface area contributed by atoms with Crippen LogP contribution >= 0.6 is 0 Å². The summed E-state index contributed by atoms with van der Waals surface area (Å²) in [7, 11) is 0. The monoisotopic (exact) mass is 282 g/mol. The molecule has 10 heteroatoms. The van der Waals surface area contributed by atoms with Crippen LogP contribution in [-0.2, 0) is 9.53 Å². The van der Waals surface area contributed by atoms with E-state index in [4.69, 9.17) is 31.5 Å². The van der Waals surface area contributed by atoms with Crippen LogP contribution in [0.2, 0.25) is 0 Å². The summed E-state index contributed by atoms with van der Waals surface area (Å²) in [6.45, 7) is -2.07. The van der Waals surface area contributed by atoms with Gasteiger partial charge < -0.3 is 46.8 Å². The third-order valence-corrected chi connectivity index (χ3v) is 3.33. The third kappa shape index (κ3) is 2.22. The SMILES string of the molecule is N[C@@H]1[C@@H](O)[C@@H](O)[C@@H](CO)OC1(O)[C@](N)(CO)C(=O)O. The molecule has 0 aromatic carbocycles. The summed E-state index contributed by atoms with van der Waals surface area (Å²) in [5.74, 6) is -4.70. The van der Waals surface area contributed by atoms with Crippen molar-refractivity contribution in [2.45, 2.75) is 35.7 Å². The summed E-state index contributed by atoms with van der Waals surface area (Å²) in [6, 6.07) is -1.81. The zero-order chi connectivity index (χ0) is 15.0. The molecule has 1 rings (SSSR count). The second kappa shape index (κ2) is 5.26. The van der Waals surface area contributed by atoms with Gasteiger partial charge in [-0.2, -0.15) is 0 Å². The zero-order valence-electron chi connectivity index (χ0n) is 9.88. The number of hydrogen-bond acceptors (Lipinski definition) is 9. The second-order valence-electron chi connectivity index (χ2n) is 4.48. The third-order valence-electron chi connectivity index (χ3n) is 3.33.